The molecule has 3 rings (SSSR count). The molecule has 0 radical (unpaired) electrons. The number of hydrogen-bond acceptors (Lipinski definition) is 4. The lowest BCUT2D eigenvalue weighted by atomic mass is 9.97. The van der Waals surface area contributed by atoms with Crippen LogP contribution >= 0.6 is 0 Å². The van der Waals surface area contributed by atoms with E-state index >= 15 is 0 Å². The largest absolute Gasteiger partial charge is 0.331 e. The van der Waals surface area contributed by atoms with Gasteiger partial charge in [0.1, 0.15) is 0 Å². The zero-order chi connectivity index (χ0) is 17.9. The summed E-state index contributed by atoms with van der Waals surface area (Å²) < 4.78 is 27.1. The predicted molar refractivity (Wildman–Crippen MR) is 94.4 cm³/mol. The highest BCUT2D eigenvalue weighted by molar-refractivity contribution is 7.90. The zero-order valence-corrected chi connectivity index (χ0v) is 14.9. The third-order valence-electron chi connectivity index (χ3n) is 4.39. The fourth-order valence-electron chi connectivity index (χ4n) is 3.04. The molecule has 7 heteroatoms. The number of carbonyl (C=O) groups is 1. The number of likely N-dealkylation sites (tertiary alicyclic amines) is 1. The molecule has 0 bridgehead atoms. The summed E-state index contributed by atoms with van der Waals surface area (Å²) in [5, 5.41) is 0. The molecule has 0 saturated carbocycles. The van der Waals surface area contributed by atoms with Crippen molar-refractivity contribution < 1.29 is 13.2 Å². The van der Waals surface area contributed by atoms with Gasteiger partial charge < -0.3 is 4.90 Å². The van der Waals surface area contributed by atoms with E-state index in [0.29, 0.717) is 6.54 Å². The molecule has 2 aromatic rings. The molecule has 1 atom stereocenters. The van der Waals surface area contributed by atoms with Crippen LogP contribution in [0.5, 0.6) is 0 Å². The Hall–Kier alpha value is -2.41. The SMILES string of the molecule is Cc1ccc(S(=O)(=O)NC(=O)N2CCCCC2c2cccnc2)cc1. The third kappa shape index (κ3) is 3.99. The molecule has 1 N–H and O–H groups in total. The van der Waals surface area contributed by atoms with Crippen LogP contribution in [0.1, 0.15) is 36.4 Å². The number of piperidine rings is 1. The molecule has 6 nitrogen and oxygen atoms in total. The summed E-state index contributed by atoms with van der Waals surface area (Å²) in [6.07, 6.45) is 6.05. The number of sulfonamides is 1. The van der Waals surface area contributed by atoms with Crippen LogP contribution in [-0.2, 0) is 10.0 Å². The van der Waals surface area contributed by atoms with Gasteiger partial charge in [-0.25, -0.2) is 17.9 Å². The van der Waals surface area contributed by atoms with Crippen molar-refractivity contribution in [2.45, 2.75) is 37.1 Å². The lowest BCUT2D eigenvalue weighted by molar-refractivity contribution is 0.156. The van der Waals surface area contributed by atoms with Gasteiger partial charge in [0.15, 0.2) is 0 Å². The van der Waals surface area contributed by atoms with E-state index in [2.05, 4.69) is 9.71 Å². The maximum atomic E-state index is 12.7. The van der Waals surface area contributed by atoms with Crippen LogP contribution in [0.25, 0.3) is 0 Å². The Kier molecular flexibility index (Phi) is 5.03. The molecule has 1 saturated heterocycles. The highest BCUT2D eigenvalue weighted by Crippen LogP contribution is 2.30. The van der Waals surface area contributed by atoms with Gasteiger partial charge >= 0.3 is 6.03 Å². The van der Waals surface area contributed by atoms with Crippen LogP contribution in [0, 0.1) is 6.92 Å². The minimum Gasteiger partial charge on any atom is -0.317 e. The Balaban J connectivity index is 1.80. The zero-order valence-electron chi connectivity index (χ0n) is 14.1. The van der Waals surface area contributed by atoms with Crippen LogP contribution in [0.3, 0.4) is 0 Å². The van der Waals surface area contributed by atoms with Gasteiger partial charge in [0.2, 0.25) is 0 Å². The van der Waals surface area contributed by atoms with E-state index in [1.807, 2.05) is 19.1 Å². The first kappa shape index (κ1) is 17.4. The van der Waals surface area contributed by atoms with Crippen molar-refractivity contribution in [1.29, 1.82) is 0 Å². The van der Waals surface area contributed by atoms with Crippen LogP contribution < -0.4 is 4.72 Å². The number of aromatic nitrogens is 1. The molecular weight excluding hydrogens is 338 g/mol. The van der Waals surface area contributed by atoms with Crippen molar-refractivity contribution in [3.05, 3.63) is 59.9 Å². The molecule has 1 unspecified atom stereocenters. The number of nitrogens with zero attached hydrogens (tertiary/aromatic N) is 2. The van der Waals surface area contributed by atoms with Crippen molar-refractivity contribution in [2.24, 2.45) is 0 Å². The number of benzene rings is 1. The summed E-state index contributed by atoms with van der Waals surface area (Å²) in [5.41, 5.74) is 1.88. The van der Waals surface area contributed by atoms with Crippen LogP contribution in [0.15, 0.2) is 53.7 Å². The van der Waals surface area contributed by atoms with Gasteiger partial charge in [0.25, 0.3) is 10.0 Å². The van der Waals surface area contributed by atoms with Gasteiger partial charge in [-0.1, -0.05) is 23.8 Å². The summed E-state index contributed by atoms with van der Waals surface area (Å²) in [5.74, 6) is 0. The van der Waals surface area contributed by atoms with Crippen LogP contribution in [-0.4, -0.2) is 30.9 Å². The second-order valence-electron chi connectivity index (χ2n) is 6.22. The summed E-state index contributed by atoms with van der Waals surface area (Å²) in [6.45, 7) is 2.40. The number of nitrogens with one attached hydrogen (secondary N) is 1. The van der Waals surface area contributed by atoms with Gasteiger partial charge in [0, 0.05) is 18.9 Å². The smallest absolute Gasteiger partial charge is 0.317 e. The summed E-state index contributed by atoms with van der Waals surface area (Å²) >= 11 is 0. The second kappa shape index (κ2) is 7.23. The first-order valence-electron chi connectivity index (χ1n) is 8.27. The second-order valence-corrected chi connectivity index (χ2v) is 7.90. The Morgan fingerprint density at radius 2 is 1.96 bits per heavy atom. The normalized spacial score (nSPS) is 18.0. The van der Waals surface area contributed by atoms with Gasteiger partial charge in [-0.05, 0) is 49.9 Å². The molecule has 1 aliphatic heterocycles. The van der Waals surface area contributed by atoms with E-state index in [-0.39, 0.29) is 10.9 Å². The molecule has 1 aromatic heterocycles. The van der Waals surface area contributed by atoms with Crippen molar-refractivity contribution in [3.8, 4) is 0 Å². The number of rotatable bonds is 3. The molecule has 25 heavy (non-hydrogen) atoms. The van der Waals surface area contributed by atoms with E-state index in [1.54, 1.807) is 29.4 Å². The highest BCUT2D eigenvalue weighted by atomic mass is 32.2. The Morgan fingerprint density at radius 3 is 2.64 bits per heavy atom. The standard InChI is InChI=1S/C18H21N3O3S/c1-14-7-9-16(10-8-14)25(23,24)20-18(22)21-12-3-2-6-17(21)15-5-4-11-19-13-15/h4-5,7-11,13,17H,2-3,6,12H2,1H3,(H,20,22). The van der Waals surface area contributed by atoms with E-state index in [9.17, 15) is 13.2 Å². The quantitative estimate of drug-likeness (QED) is 0.913. The Morgan fingerprint density at radius 1 is 1.20 bits per heavy atom. The molecule has 0 aliphatic carbocycles. The maximum Gasteiger partial charge on any atom is 0.331 e. The molecule has 1 fully saturated rings. The molecule has 1 aliphatic rings. The fourth-order valence-corrected chi connectivity index (χ4v) is 4.00. The van der Waals surface area contributed by atoms with Crippen LogP contribution in [0.4, 0.5) is 4.79 Å². The van der Waals surface area contributed by atoms with Gasteiger partial charge in [0.05, 0.1) is 10.9 Å². The van der Waals surface area contributed by atoms with Crippen molar-refractivity contribution in [3.63, 3.8) is 0 Å². The van der Waals surface area contributed by atoms with Gasteiger partial charge in [-0.3, -0.25) is 4.98 Å². The predicted octanol–water partition coefficient (Wildman–Crippen LogP) is 3.02. The van der Waals surface area contributed by atoms with Crippen molar-refractivity contribution in [2.75, 3.05) is 6.54 Å². The summed E-state index contributed by atoms with van der Waals surface area (Å²) in [7, 11) is -3.89. The average Bonchev–Trinajstić information content (AvgIpc) is 2.62. The first-order valence-corrected chi connectivity index (χ1v) is 9.76. The number of urea groups is 1. The fraction of sp³-hybridized carbons (Fsp3) is 0.333. The van der Waals surface area contributed by atoms with E-state index in [4.69, 9.17) is 0 Å². The third-order valence-corrected chi connectivity index (χ3v) is 5.72. The molecule has 2 amide bonds. The Bertz CT molecular complexity index is 836. The topological polar surface area (TPSA) is 79.4 Å². The number of aryl methyl sites for hydroxylation is 1. The first-order chi connectivity index (χ1) is 12.0. The van der Waals surface area contributed by atoms with Crippen LogP contribution in [0.2, 0.25) is 0 Å². The number of amides is 2. The maximum absolute atomic E-state index is 12.7. The molecule has 1 aromatic carbocycles. The molecule has 2 heterocycles. The number of hydrogen-bond donors (Lipinski definition) is 1. The van der Waals surface area contributed by atoms with Gasteiger partial charge in [-0.15, -0.1) is 0 Å². The number of carbonyl (C=O) groups excluding carboxylic acids is 1. The average molecular weight is 359 g/mol. The highest BCUT2D eigenvalue weighted by Gasteiger charge is 2.30. The summed E-state index contributed by atoms with van der Waals surface area (Å²) in [6, 6.07) is 9.40. The minimum atomic E-state index is -3.89. The van der Waals surface area contributed by atoms with E-state index in [0.717, 1.165) is 30.4 Å². The van der Waals surface area contributed by atoms with Gasteiger partial charge in [-0.2, -0.15) is 0 Å². The van der Waals surface area contributed by atoms with E-state index in [1.165, 1.54) is 12.1 Å². The summed E-state index contributed by atoms with van der Waals surface area (Å²) in [4.78, 5) is 18.4. The minimum absolute atomic E-state index is 0.0846. The Labute approximate surface area is 147 Å². The molecule has 132 valence electrons. The van der Waals surface area contributed by atoms with Crippen molar-refractivity contribution in [1.82, 2.24) is 14.6 Å². The lowest BCUT2D eigenvalue weighted by Gasteiger charge is -2.35. The monoisotopic (exact) mass is 359 g/mol. The lowest BCUT2D eigenvalue weighted by Crippen LogP contribution is -2.46. The number of pyridine rings is 1. The molecular formula is C18H21N3O3S. The van der Waals surface area contributed by atoms with Crippen molar-refractivity contribution >= 4 is 16.1 Å². The molecule has 0 spiro atoms. The van der Waals surface area contributed by atoms with E-state index < -0.39 is 16.1 Å².